The average Bonchev–Trinajstić information content (AvgIpc) is 2.74. The number of carboxylic acid groups (broad SMARTS) is 1. The van der Waals surface area contributed by atoms with Gasteiger partial charge >= 0.3 is 12.1 Å². The molecule has 32 heavy (non-hydrogen) atoms. The van der Waals surface area contributed by atoms with Crippen molar-refractivity contribution in [3.8, 4) is 11.5 Å². The number of amides is 1. The summed E-state index contributed by atoms with van der Waals surface area (Å²) in [5.74, 6) is -1.20. The number of carbonyl (C=O) groups excluding carboxylic acids is 1. The van der Waals surface area contributed by atoms with Crippen molar-refractivity contribution in [1.29, 1.82) is 0 Å². The van der Waals surface area contributed by atoms with Crippen LogP contribution in [-0.2, 0) is 17.4 Å². The summed E-state index contributed by atoms with van der Waals surface area (Å²) in [6.07, 6.45) is -2.91. The smallest absolute Gasteiger partial charge is 0.417 e. The Morgan fingerprint density at radius 3 is 2.47 bits per heavy atom. The largest absolute Gasteiger partial charge is 0.476 e. The Kier molecular flexibility index (Phi) is 6.99. The first kappa shape index (κ1) is 23.1. The van der Waals surface area contributed by atoms with E-state index in [0.717, 1.165) is 17.7 Å². The Morgan fingerprint density at radius 2 is 1.81 bits per heavy atom. The third-order valence-corrected chi connectivity index (χ3v) is 4.65. The Labute approximate surface area is 185 Å². The van der Waals surface area contributed by atoms with E-state index < -0.39 is 28.6 Å². The molecule has 0 fully saturated rings. The van der Waals surface area contributed by atoms with Crippen LogP contribution in [0.15, 0.2) is 60.8 Å². The normalized spacial score (nSPS) is 11.1. The molecule has 6 nitrogen and oxygen atoms in total. The van der Waals surface area contributed by atoms with Crippen molar-refractivity contribution in [1.82, 2.24) is 4.98 Å². The van der Waals surface area contributed by atoms with Gasteiger partial charge in [-0.1, -0.05) is 23.7 Å². The fourth-order valence-electron chi connectivity index (χ4n) is 2.79. The van der Waals surface area contributed by atoms with E-state index in [2.05, 4.69) is 10.3 Å². The minimum absolute atomic E-state index is 0.00109. The molecule has 0 bridgehead atoms. The number of aromatic nitrogens is 1. The number of hydrogen-bond donors (Lipinski definition) is 2. The molecule has 2 N–H and O–H groups in total. The van der Waals surface area contributed by atoms with E-state index in [9.17, 15) is 22.8 Å². The molecule has 0 aliphatic carbocycles. The highest BCUT2D eigenvalue weighted by atomic mass is 35.5. The van der Waals surface area contributed by atoms with Crippen LogP contribution in [0.2, 0.25) is 5.02 Å². The van der Waals surface area contributed by atoms with Crippen molar-refractivity contribution in [2.45, 2.75) is 19.0 Å². The molecule has 1 amide bonds. The number of carboxylic acids is 1. The number of ether oxygens (including phenoxy) is 1. The number of hydrogen-bond acceptors (Lipinski definition) is 4. The fraction of sp³-hybridized carbons (Fsp3) is 0.136. The highest BCUT2D eigenvalue weighted by Gasteiger charge is 2.33. The second kappa shape index (κ2) is 9.69. The van der Waals surface area contributed by atoms with Crippen LogP contribution >= 0.6 is 11.6 Å². The van der Waals surface area contributed by atoms with Crippen molar-refractivity contribution in [2.24, 2.45) is 0 Å². The van der Waals surface area contributed by atoms with Crippen LogP contribution in [-0.4, -0.2) is 22.0 Å². The van der Waals surface area contributed by atoms with E-state index >= 15 is 0 Å². The van der Waals surface area contributed by atoms with E-state index in [1.165, 1.54) is 18.3 Å². The number of nitrogens with one attached hydrogen (secondary N) is 1. The molecule has 3 rings (SSSR count). The molecule has 1 heterocycles. The number of carbonyl (C=O) groups is 2. The molecular weight excluding hydrogens is 449 g/mol. The highest BCUT2D eigenvalue weighted by Crippen LogP contribution is 2.36. The second-order valence-corrected chi connectivity index (χ2v) is 7.05. The van der Waals surface area contributed by atoms with Gasteiger partial charge < -0.3 is 15.2 Å². The Hall–Kier alpha value is -3.59. The van der Waals surface area contributed by atoms with Crippen molar-refractivity contribution >= 4 is 29.2 Å². The quantitative estimate of drug-likeness (QED) is 0.460. The van der Waals surface area contributed by atoms with Crippen LogP contribution in [0.4, 0.5) is 18.9 Å². The second-order valence-electron chi connectivity index (χ2n) is 6.64. The van der Waals surface area contributed by atoms with Crippen LogP contribution in [0.25, 0.3) is 0 Å². The van der Waals surface area contributed by atoms with Gasteiger partial charge in [-0.05, 0) is 54.4 Å². The van der Waals surface area contributed by atoms with Crippen LogP contribution in [0.5, 0.6) is 11.5 Å². The molecule has 166 valence electrons. The number of anilines is 1. The van der Waals surface area contributed by atoms with Gasteiger partial charge in [0, 0.05) is 18.3 Å². The molecule has 0 atom stereocenters. The SMILES string of the molecule is O=C(CCc1ccc(Oc2cccnc2C(=O)O)cc1)Nc1ccc(Cl)c(C(F)(F)F)c1. The van der Waals surface area contributed by atoms with Gasteiger partial charge in [0.2, 0.25) is 5.91 Å². The van der Waals surface area contributed by atoms with Gasteiger partial charge in [-0.3, -0.25) is 4.79 Å². The van der Waals surface area contributed by atoms with E-state index in [4.69, 9.17) is 21.4 Å². The van der Waals surface area contributed by atoms with Crippen molar-refractivity contribution < 1.29 is 32.6 Å². The summed E-state index contributed by atoms with van der Waals surface area (Å²) in [5, 5.41) is 11.1. The highest BCUT2D eigenvalue weighted by molar-refractivity contribution is 6.31. The summed E-state index contributed by atoms with van der Waals surface area (Å²) >= 11 is 5.57. The minimum Gasteiger partial charge on any atom is -0.476 e. The lowest BCUT2D eigenvalue weighted by atomic mass is 10.1. The third kappa shape index (κ3) is 5.98. The van der Waals surface area contributed by atoms with Gasteiger partial charge in [0.05, 0.1) is 10.6 Å². The van der Waals surface area contributed by atoms with Gasteiger partial charge in [-0.2, -0.15) is 13.2 Å². The Balaban J connectivity index is 1.58. The van der Waals surface area contributed by atoms with Crippen LogP contribution < -0.4 is 10.1 Å². The summed E-state index contributed by atoms with van der Waals surface area (Å²) in [7, 11) is 0. The van der Waals surface area contributed by atoms with Gasteiger partial charge in [0.25, 0.3) is 0 Å². The zero-order valence-corrected chi connectivity index (χ0v) is 17.1. The molecule has 10 heteroatoms. The maximum Gasteiger partial charge on any atom is 0.417 e. The number of rotatable bonds is 7. The van der Waals surface area contributed by atoms with E-state index in [0.29, 0.717) is 12.2 Å². The number of pyridine rings is 1. The number of nitrogens with zero attached hydrogens (tertiary/aromatic N) is 1. The molecular formula is C22H16ClF3N2O4. The molecule has 0 saturated carbocycles. The molecule has 0 aliphatic heterocycles. The predicted octanol–water partition coefficient (Wildman–Crippen LogP) is 5.82. The molecule has 1 aromatic heterocycles. The first-order valence-electron chi connectivity index (χ1n) is 9.25. The zero-order valence-electron chi connectivity index (χ0n) is 16.3. The van der Waals surface area contributed by atoms with Crippen LogP contribution in [0.1, 0.15) is 28.0 Å². The zero-order chi connectivity index (χ0) is 23.3. The molecule has 0 spiro atoms. The molecule has 2 aromatic carbocycles. The van der Waals surface area contributed by atoms with Crippen LogP contribution in [0, 0.1) is 0 Å². The summed E-state index contributed by atoms with van der Waals surface area (Å²) in [4.78, 5) is 27.1. The lowest BCUT2D eigenvalue weighted by Gasteiger charge is -2.12. The fourth-order valence-corrected chi connectivity index (χ4v) is 3.01. The lowest BCUT2D eigenvalue weighted by Crippen LogP contribution is -2.14. The van der Waals surface area contributed by atoms with Gasteiger partial charge in [-0.25, -0.2) is 9.78 Å². The average molecular weight is 465 g/mol. The van der Waals surface area contributed by atoms with E-state index in [1.54, 1.807) is 30.3 Å². The Morgan fingerprint density at radius 1 is 1.09 bits per heavy atom. The summed E-state index contributed by atoms with van der Waals surface area (Å²) < 4.78 is 44.3. The number of halogens is 4. The number of alkyl halides is 3. The lowest BCUT2D eigenvalue weighted by molar-refractivity contribution is -0.137. The number of aryl methyl sites for hydroxylation is 1. The van der Waals surface area contributed by atoms with E-state index in [1.807, 2.05) is 0 Å². The summed E-state index contributed by atoms with van der Waals surface area (Å²) in [6, 6.07) is 12.8. The maximum atomic E-state index is 12.9. The van der Waals surface area contributed by atoms with Gasteiger partial charge in [-0.15, -0.1) is 0 Å². The van der Waals surface area contributed by atoms with Crippen LogP contribution in [0.3, 0.4) is 0 Å². The summed E-state index contributed by atoms with van der Waals surface area (Å²) in [6.45, 7) is 0. The van der Waals surface area contributed by atoms with Crippen molar-refractivity contribution in [3.63, 3.8) is 0 Å². The maximum absolute atomic E-state index is 12.9. The molecule has 3 aromatic rings. The van der Waals surface area contributed by atoms with Crippen molar-refractivity contribution in [2.75, 3.05) is 5.32 Å². The first-order chi connectivity index (χ1) is 15.1. The third-order valence-electron chi connectivity index (χ3n) is 4.32. The van der Waals surface area contributed by atoms with Gasteiger partial charge in [0.15, 0.2) is 11.4 Å². The monoisotopic (exact) mass is 464 g/mol. The number of aromatic carboxylic acids is 1. The van der Waals surface area contributed by atoms with Crippen molar-refractivity contribution in [3.05, 3.63) is 82.6 Å². The Bertz CT molecular complexity index is 1130. The predicted molar refractivity (Wildman–Crippen MR) is 111 cm³/mol. The minimum atomic E-state index is -4.62. The topological polar surface area (TPSA) is 88.5 Å². The standard InChI is InChI=1S/C22H16ClF3N2O4/c23-17-9-6-14(12-16(17)22(24,25)26)28-19(29)10-5-13-3-7-15(8-4-13)32-18-2-1-11-27-20(18)21(30)31/h1-4,6-9,11-12H,5,10H2,(H,28,29)(H,30,31). The molecule has 0 saturated heterocycles. The molecule has 0 aliphatic rings. The molecule has 0 unspecified atom stereocenters. The summed E-state index contributed by atoms with van der Waals surface area (Å²) in [5.41, 5.74) is -0.457. The van der Waals surface area contributed by atoms with E-state index in [-0.39, 0.29) is 23.6 Å². The molecule has 0 radical (unpaired) electrons. The number of benzene rings is 2. The van der Waals surface area contributed by atoms with Gasteiger partial charge in [0.1, 0.15) is 5.75 Å². The first-order valence-corrected chi connectivity index (χ1v) is 9.63.